The molecule has 1 amide bonds. The van der Waals surface area contributed by atoms with Crippen molar-refractivity contribution in [1.82, 2.24) is 9.80 Å². The lowest BCUT2D eigenvalue weighted by molar-refractivity contribution is -0.140. The van der Waals surface area contributed by atoms with E-state index in [1.807, 2.05) is 20.8 Å². The maximum Gasteiger partial charge on any atom is 0.295 e. The molecule has 2 aromatic rings. The third-order valence-corrected chi connectivity index (χ3v) is 6.06. The zero-order valence-corrected chi connectivity index (χ0v) is 19.7. The van der Waals surface area contributed by atoms with Crippen LogP contribution in [0, 0.1) is 5.82 Å². The van der Waals surface area contributed by atoms with Gasteiger partial charge in [0, 0.05) is 18.7 Å². The number of ether oxygens (including phenoxy) is 1. The first-order valence-corrected chi connectivity index (χ1v) is 11.4. The molecule has 6 nitrogen and oxygen atoms in total. The molecule has 0 aromatic heterocycles. The van der Waals surface area contributed by atoms with E-state index in [0.717, 1.165) is 13.1 Å². The van der Waals surface area contributed by atoms with Crippen LogP contribution in [0.3, 0.4) is 0 Å². The number of carbonyl (C=O) groups is 2. The largest absolute Gasteiger partial charge is 0.507 e. The fourth-order valence-electron chi connectivity index (χ4n) is 4.00. The Bertz CT molecular complexity index is 1070. The third-order valence-electron chi connectivity index (χ3n) is 5.76. The van der Waals surface area contributed by atoms with E-state index in [2.05, 4.69) is 4.90 Å². The zero-order chi connectivity index (χ0) is 24.1. The molecule has 2 aromatic carbocycles. The lowest BCUT2D eigenvalue weighted by Gasteiger charge is -2.28. The first-order valence-electron chi connectivity index (χ1n) is 11.0. The SMILES string of the molecule is CCOc1ccc(C(O)=C2C(=O)C(=O)N(CCN(CC)CC)[C@@H]2c2cccc(F)c2)cc1Cl. The van der Waals surface area contributed by atoms with Crippen LogP contribution in [-0.2, 0) is 9.59 Å². The summed E-state index contributed by atoms with van der Waals surface area (Å²) < 4.78 is 19.5. The van der Waals surface area contributed by atoms with Crippen molar-refractivity contribution in [2.24, 2.45) is 0 Å². The highest BCUT2D eigenvalue weighted by Gasteiger charge is 2.46. The van der Waals surface area contributed by atoms with Gasteiger partial charge in [0.15, 0.2) is 0 Å². The number of likely N-dealkylation sites (N-methyl/N-ethyl adjacent to an activating group) is 1. The van der Waals surface area contributed by atoms with E-state index >= 15 is 0 Å². The average molecular weight is 475 g/mol. The predicted octanol–water partition coefficient (Wildman–Crippen LogP) is 4.64. The summed E-state index contributed by atoms with van der Waals surface area (Å²) in [4.78, 5) is 29.6. The van der Waals surface area contributed by atoms with Crippen LogP contribution >= 0.6 is 11.6 Å². The number of ketones is 1. The number of halogens is 2. The molecule has 33 heavy (non-hydrogen) atoms. The number of nitrogens with zero attached hydrogens (tertiary/aromatic N) is 2. The quantitative estimate of drug-likeness (QED) is 0.325. The minimum Gasteiger partial charge on any atom is -0.507 e. The lowest BCUT2D eigenvalue weighted by atomic mass is 9.95. The monoisotopic (exact) mass is 474 g/mol. The molecule has 1 fully saturated rings. The van der Waals surface area contributed by atoms with Gasteiger partial charge in [-0.2, -0.15) is 0 Å². The van der Waals surface area contributed by atoms with Gasteiger partial charge in [-0.25, -0.2) is 4.39 Å². The van der Waals surface area contributed by atoms with Gasteiger partial charge in [-0.15, -0.1) is 0 Å². The van der Waals surface area contributed by atoms with E-state index < -0.39 is 23.5 Å². The molecule has 176 valence electrons. The number of amides is 1. The second-order valence-corrected chi connectivity index (χ2v) is 8.06. The fraction of sp³-hybridized carbons (Fsp3) is 0.360. The van der Waals surface area contributed by atoms with Crippen LogP contribution in [0.25, 0.3) is 5.76 Å². The van der Waals surface area contributed by atoms with Gasteiger partial charge in [0.1, 0.15) is 17.3 Å². The van der Waals surface area contributed by atoms with Crippen molar-refractivity contribution in [2.75, 3.05) is 32.8 Å². The molecule has 0 spiro atoms. The van der Waals surface area contributed by atoms with Crippen molar-refractivity contribution in [2.45, 2.75) is 26.8 Å². The molecule has 1 aliphatic heterocycles. The standard InChI is InChI=1S/C25H28ClFN2O4/c1-4-28(5-2)12-13-29-22(16-8-7-9-18(27)14-16)21(24(31)25(29)32)23(30)17-10-11-20(33-6-3)19(26)15-17/h7-11,14-15,22,30H,4-6,12-13H2,1-3H3/t22-/m1/s1. The smallest absolute Gasteiger partial charge is 0.295 e. The van der Waals surface area contributed by atoms with Crippen LogP contribution in [0.5, 0.6) is 5.75 Å². The van der Waals surface area contributed by atoms with Gasteiger partial charge in [0.2, 0.25) is 0 Å². The second kappa shape index (κ2) is 10.8. The number of benzene rings is 2. The lowest BCUT2D eigenvalue weighted by Crippen LogP contribution is -2.38. The van der Waals surface area contributed by atoms with Crippen LogP contribution in [0.2, 0.25) is 5.02 Å². The molecule has 1 atom stereocenters. The number of hydrogen-bond acceptors (Lipinski definition) is 5. The molecular weight excluding hydrogens is 447 g/mol. The molecule has 1 saturated heterocycles. The number of likely N-dealkylation sites (tertiary alicyclic amines) is 1. The van der Waals surface area contributed by atoms with Crippen molar-refractivity contribution < 1.29 is 23.8 Å². The summed E-state index contributed by atoms with van der Waals surface area (Å²) in [6, 6.07) is 9.45. The Labute approximate surface area is 198 Å². The minimum absolute atomic E-state index is 0.0922. The molecular formula is C25H28ClFN2O4. The van der Waals surface area contributed by atoms with Crippen molar-refractivity contribution in [3.8, 4) is 5.75 Å². The van der Waals surface area contributed by atoms with Gasteiger partial charge < -0.3 is 19.6 Å². The Kier molecular flexibility index (Phi) is 8.10. The van der Waals surface area contributed by atoms with E-state index in [1.165, 1.54) is 29.2 Å². The van der Waals surface area contributed by atoms with Crippen molar-refractivity contribution in [3.05, 3.63) is 70.0 Å². The maximum absolute atomic E-state index is 14.1. The van der Waals surface area contributed by atoms with Crippen molar-refractivity contribution >= 4 is 29.1 Å². The Morgan fingerprint density at radius 1 is 1.15 bits per heavy atom. The van der Waals surface area contributed by atoms with E-state index in [-0.39, 0.29) is 28.5 Å². The Morgan fingerprint density at radius 2 is 1.88 bits per heavy atom. The van der Waals surface area contributed by atoms with Crippen LogP contribution in [0.4, 0.5) is 4.39 Å². The highest BCUT2D eigenvalue weighted by Crippen LogP contribution is 2.40. The first-order chi connectivity index (χ1) is 15.8. The molecule has 0 radical (unpaired) electrons. The Balaban J connectivity index is 2.10. The average Bonchev–Trinajstić information content (AvgIpc) is 3.05. The van der Waals surface area contributed by atoms with Crippen LogP contribution in [-0.4, -0.2) is 59.4 Å². The molecule has 1 heterocycles. The van der Waals surface area contributed by atoms with E-state index in [9.17, 15) is 19.1 Å². The summed E-state index contributed by atoms with van der Waals surface area (Å²) in [5.41, 5.74) is 0.587. The van der Waals surface area contributed by atoms with Crippen molar-refractivity contribution in [1.29, 1.82) is 0 Å². The summed E-state index contributed by atoms with van der Waals surface area (Å²) >= 11 is 6.27. The number of aliphatic hydroxyl groups excluding tert-OH is 1. The number of aliphatic hydroxyl groups is 1. The highest BCUT2D eigenvalue weighted by molar-refractivity contribution is 6.46. The molecule has 1 aliphatic rings. The third kappa shape index (κ3) is 5.20. The summed E-state index contributed by atoms with van der Waals surface area (Å²) in [7, 11) is 0. The van der Waals surface area contributed by atoms with Crippen molar-refractivity contribution in [3.63, 3.8) is 0 Å². The van der Waals surface area contributed by atoms with Gasteiger partial charge in [-0.05, 0) is 55.9 Å². The molecule has 0 saturated carbocycles. The fourth-order valence-corrected chi connectivity index (χ4v) is 4.23. The van der Waals surface area contributed by atoms with Crippen LogP contribution < -0.4 is 4.74 Å². The van der Waals surface area contributed by atoms with Gasteiger partial charge in [-0.1, -0.05) is 37.6 Å². The number of carbonyl (C=O) groups excluding carboxylic acids is 2. The molecule has 3 rings (SSSR count). The van der Waals surface area contributed by atoms with Gasteiger partial charge in [-0.3, -0.25) is 9.59 Å². The predicted molar refractivity (Wildman–Crippen MR) is 126 cm³/mol. The number of rotatable bonds is 9. The number of Topliss-reactive ketones (excluding diaryl/α,β-unsaturated/α-hetero) is 1. The summed E-state index contributed by atoms with van der Waals surface area (Å²) in [5.74, 6) is -1.96. The van der Waals surface area contributed by atoms with E-state index in [0.29, 0.717) is 24.5 Å². The van der Waals surface area contributed by atoms with Gasteiger partial charge in [0.25, 0.3) is 11.7 Å². The summed E-state index contributed by atoms with van der Waals surface area (Å²) in [6.07, 6.45) is 0. The zero-order valence-electron chi connectivity index (χ0n) is 19.0. The van der Waals surface area contributed by atoms with Gasteiger partial charge >= 0.3 is 0 Å². The van der Waals surface area contributed by atoms with Gasteiger partial charge in [0.05, 0.1) is 23.2 Å². The minimum atomic E-state index is -0.915. The molecule has 8 heteroatoms. The topological polar surface area (TPSA) is 70.1 Å². The maximum atomic E-state index is 14.1. The van der Waals surface area contributed by atoms with Crippen LogP contribution in [0.15, 0.2) is 48.0 Å². The molecule has 0 aliphatic carbocycles. The van der Waals surface area contributed by atoms with Crippen LogP contribution in [0.1, 0.15) is 37.9 Å². The Morgan fingerprint density at radius 3 is 2.48 bits per heavy atom. The summed E-state index contributed by atoms with van der Waals surface area (Å²) in [6.45, 7) is 8.64. The molecule has 0 bridgehead atoms. The Hall–Kier alpha value is -2.90. The normalized spacial score (nSPS) is 17.8. The molecule has 0 unspecified atom stereocenters. The first kappa shape index (κ1) is 24.7. The van der Waals surface area contributed by atoms with E-state index in [1.54, 1.807) is 18.2 Å². The number of hydrogen-bond donors (Lipinski definition) is 1. The highest BCUT2D eigenvalue weighted by atomic mass is 35.5. The van der Waals surface area contributed by atoms with E-state index in [4.69, 9.17) is 16.3 Å². The molecule has 1 N–H and O–H groups in total. The summed E-state index contributed by atoms with van der Waals surface area (Å²) in [5, 5.41) is 11.4. The second-order valence-electron chi connectivity index (χ2n) is 7.65.